The van der Waals surface area contributed by atoms with Crippen LogP contribution in [-0.2, 0) is 16.9 Å². The summed E-state index contributed by atoms with van der Waals surface area (Å²) in [6, 6.07) is 15.3. The van der Waals surface area contributed by atoms with Gasteiger partial charge < -0.3 is 5.32 Å². The number of benzene rings is 1. The summed E-state index contributed by atoms with van der Waals surface area (Å²) in [5, 5.41) is 2.75. The standard InChI is InChI=1S/C20H18N4O3/c1-13-7-6-10-16-21-15(11-17(25)24(13)16)12-23-18(26)20(2,22-19(23)27)14-8-4-3-5-9-14/h3-11H,12H2,1-2H3,(H,22,27). The van der Waals surface area contributed by atoms with Crippen molar-refractivity contribution in [3.05, 3.63) is 81.9 Å². The Balaban J connectivity index is 1.69. The van der Waals surface area contributed by atoms with Gasteiger partial charge >= 0.3 is 6.03 Å². The summed E-state index contributed by atoms with van der Waals surface area (Å²) in [5.41, 5.74) is 0.935. The Morgan fingerprint density at radius 2 is 1.78 bits per heavy atom. The molecule has 3 amide bonds. The highest BCUT2D eigenvalue weighted by Crippen LogP contribution is 2.29. The van der Waals surface area contributed by atoms with Crippen molar-refractivity contribution in [2.24, 2.45) is 0 Å². The van der Waals surface area contributed by atoms with E-state index in [2.05, 4.69) is 10.3 Å². The minimum Gasteiger partial charge on any atom is -0.319 e. The molecule has 1 aromatic carbocycles. The van der Waals surface area contributed by atoms with Gasteiger partial charge in [-0.1, -0.05) is 36.4 Å². The lowest BCUT2D eigenvalue weighted by Crippen LogP contribution is -2.40. The number of carbonyl (C=O) groups is 2. The van der Waals surface area contributed by atoms with Gasteiger partial charge in [0.2, 0.25) is 0 Å². The van der Waals surface area contributed by atoms with Crippen LogP contribution in [0.5, 0.6) is 0 Å². The highest BCUT2D eigenvalue weighted by molar-refractivity contribution is 6.07. The van der Waals surface area contributed by atoms with E-state index in [4.69, 9.17) is 0 Å². The topological polar surface area (TPSA) is 83.8 Å². The molecule has 27 heavy (non-hydrogen) atoms. The predicted molar refractivity (Wildman–Crippen MR) is 99.1 cm³/mol. The van der Waals surface area contributed by atoms with E-state index in [0.29, 0.717) is 16.9 Å². The molecule has 136 valence electrons. The van der Waals surface area contributed by atoms with Gasteiger partial charge in [0.15, 0.2) is 0 Å². The van der Waals surface area contributed by atoms with E-state index in [1.54, 1.807) is 31.2 Å². The van der Waals surface area contributed by atoms with E-state index >= 15 is 0 Å². The Morgan fingerprint density at radius 3 is 2.52 bits per heavy atom. The summed E-state index contributed by atoms with van der Waals surface area (Å²) >= 11 is 0. The third-order valence-corrected chi connectivity index (χ3v) is 4.88. The molecule has 1 N–H and O–H groups in total. The molecular formula is C20H18N4O3. The molecule has 0 aliphatic carbocycles. The number of pyridine rings is 1. The fourth-order valence-corrected chi connectivity index (χ4v) is 3.41. The maximum Gasteiger partial charge on any atom is 0.325 e. The highest BCUT2D eigenvalue weighted by Gasteiger charge is 2.48. The molecule has 2 aromatic heterocycles. The molecule has 3 heterocycles. The van der Waals surface area contributed by atoms with E-state index in [9.17, 15) is 14.4 Å². The second-order valence-corrected chi connectivity index (χ2v) is 6.76. The molecule has 1 saturated heterocycles. The number of aromatic nitrogens is 2. The van der Waals surface area contributed by atoms with Crippen LogP contribution in [0.1, 0.15) is 23.9 Å². The van der Waals surface area contributed by atoms with Gasteiger partial charge in [-0.05, 0) is 31.5 Å². The number of fused-ring (bicyclic) bond motifs is 1. The lowest BCUT2D eigenvalue weighted by atomic mass is 9.92. The quantitative estimate of drug-likeness (QED) is 0.722. The van der Waals surface area contributed by atoms with Crippen molar-refractivity contribution in [2.45, 2.75) is 25.9 Å². The Hall–Kier alpha value is -3.48. The number of aryl methyl sites for hydroxylation is 1. The fourth-order valence-electron chi connectivity index (χ4n) is 3.41. The normalized spacial score (nSPS) is 19.6. The lowest BCUT2D eigenvalue weighted by Gasteiger charge is -2.22. The Kier molecular flexibility index (Phi) is 3.80. The molecule has 7 heteroatoms. The maximum absolute atomic E-state index is 13.0. The van der Waals surface area contributed by atoms with Gasteiger partial charge in [0, 0.05) is 11.8 Å². The van der Waals surface area contributed by atoms with Crippen molar-refractivity contribution in [1.82, 2.24) is 19.6 Å². The van der Waals surface area contributed by atoms with E-state index in [-0.39, 0.29) is 18.0 Å². The Labute approximate surface area is 155 Å². The van der Waals surface area contributed by atoms with Gasteiger partial charge in [0.25, 0.3) is 11.5 Å². The zero-order valence-electron chi connectivity index (χ0n) is 15.0. The molecule has 1 fully saturated rings. The third kappa shape index (κ3) is 2.68. The predicted octanol–water partition coefficient (Wildman–Crippen LogP) is 1.97. The Morgan fingerprint density at radius 1 is 1.04 bits per heavy atom. The fraction of sp³-hybridized carbons (Fsp3) is 0.200. The van der Waals surface area contributed by atoms with E-state index in [1.165, 1.54) is 10.5 Å². The van der Waals surface area contributed by atoms with Crippen LogP contribution in [0.3, 0.4) is 0 Å². The van der Waals surface area contributed by atoms with Crippen LogP contribution in [0.15, 0.2) is 59.4 Å². The molecule has 1 unspecified atom stereocenters. The summed E-state index contributed by atoms with van der Waals surface area (Å²) in [5.74, 6) is -0.370. The molecular weight excluding hydrogens is 344 g/mol. The SMILES string of the molecule is Cc1cccc2nc(CN3C(=O)NC(C)(c4ccccc4)C3=O)cc(=O)n12. The molecule has 0 spiro atoms. The highest BCUT2D eigenvalue weighted by atomic mass is 16.2. The molecule has 7 nitrogen and oxygen atoms in total. The number of amides is 3. The summed E-state index contributed by atoms with van der Waals surface area (Å²) in [4.78, 5) is 43.4. The van der Waals surface area contributed by atoms with Crippen LogP contribution in [0.2, 0.25) is 0 Å². The van der Waals surface area contributed by atoms with Gasteiger partial charge in [-0.2, -0.15) is 0 Å². The molecule has 1 atom stereocenters. The van der Waals surface area contributed by atoms with Crippen LogP contribution in [-0.4, -0.2) is 26.2 Å². The number of imide groups is 1. The van der Waals surface area contributed by atoms with Crippen LogP contribution >= 0.6 is 0 Å². The molecule has 0 bridgehead atoms. The second kappa shape index (κ2) is 6.05. The second-order valence-electron chi connectivity index (χ2n) is 6.76. The average molecular weight is 362 g/mol. The van der Waals surface area contributed by atoms with E-state index in [1.807, 2.05) is 31.2 Å². The van der Waals surface area contributed by atoms with Gasteiger partial charge in [0.1, 0.15) is 11.2 Å². The maximum atomic E-state index is 13.0. The van der Waals surface area contributed by atoms with Crippen molar-refractivity contribution in [2.75, 3.05) is 0 Å². The van der Waals surface area contributed by atoms with Crippen molar-refractivity contribution >= 4 is 17.6 Å². The molecule has 1 aliphatic heterocycles. The minimum atomic E-state index is -1.14. The summed E-state index contributed by atoms with van der Waals surface area (Å²) in [7, 11) is 0. The first kappa shape index (κ1) is 17.0. The zero-order chi connectivity index (χ0) is 19.2. The number of carbonyl (C=O) groups excluding carboxylic acids is 2. The third-order valence-electron chi connectivity index (χ3n) is 4.88. The average Bonchev–Trinajstić information content (AvgIpc) is 2.86. The number of nitrogens with one attached hydrogen (secondary N) is 1. The number of hydrogen-bond acceptors (Lipinski definition) is 4. The smallest absolute Gasteiger partial charge is 0.319 e. The molecule has 0 saturated carbocycles. The van der Waals surface area contributed by atoms with E-state index in [0.717, 1.165) is 10.6 Å². The van der Waals surface area contributed by atoms with Gasteiger partial charge in [-0.25, -0.2) is 9.78 Å². The number of hydrogen-bond donors (Lipinski definition) is 1. The van der Waals surface area contributed by atoms with Crippen LogP contribution < -0.4 is 10.9 Å². The van der Waals surface area contributed by atoms with Crippen LogP contribution in [0.25, 0.3) is 5.65 Å². The number of urea groups is 1. The van der Waals surface area contributed by atoms with Crippen molar-refractivity contribution in [3.8, 4) is 0 Å². The monoisotopic (exact) mass is 362 g/mol. The summed E-state index contributed by atoms with van der Waals surface area (Å²) in [6.45, 7) is 3.43. The van der Waals surface area contributed by atoms with Crippen LogP contribution in [0, 0.1) is 6.92 Å². The first-order chi connectivity index (χ1) is 12.9. The van der Waals surface area contributed by atoms with Crippen molar-refractivity contribution in [3.63, 3.8) is 0 Å². The molecule has 3 aromatic rings. The van der Waals surface area contributed by atoms with Gasteiger partial charge in [0.05, 0.1) is 12.2 Å². The number of nitrogens with zero attached hydrogens (tertiary/aromatic N) is 3. The Bertz CT molecular complexity index is 1120. The number of rotatable bonds is 3. The lowest BCUT2D eigenvalue weighted by molar-refractivity contribution is -0.131. The summed E-state index contributed by atoms with van der Waals surface area (Å²) < 4.78 is 1.49. The molecule has 0 radical (unpaired) electrons. The van der Waals surface area contributed by atoms with Crippen molar-refractivity contribution in [1.29, 1.82) is 0 Å². The minimum absolute atomic E-state index is 0.0627. The van der Waals surface area contributed by atoms with Crippen molar-refractivity contribution < 1.29 is 9.59 Å². The summed E-state index contributed by atoms with van der Waals surface area (Å²) in [6.07, 6.45) is 0. The van der Waals surface area contributed by atoms with Gasteiger partial charge in [-0.3, -0.25) is 18.9 Å². The first-order valence-corrected chi connectivity index (χ1v) is 8.58. The van der Waals surface area contributed by atoms with Gasteiger partial charge in [-0.15, -0.1) is 0 Å². The zero-order valence-corrected chi connectivity index (χ0v) is 15.0. The van der Waals surface area contributed by atoms with Crippen LogP contribution in [0.4, 0.5) is 4.79 Å². The largest absolute Gasteiger partial charge is 0.325 e. The van der Waals surface area contributed by atoms with E-state index < -0.39 is 11.6 Å². The molecule has 1 aliphatic rings. The molecule has 4 rings (SSSR count). The first-order valence-electron chi connectivity index (χ1n) is 8.58.